The minimum absolute atomic E-state index is 0.222. The molecule has 5 heteroatoms. The fraction of sp³-hybridized carbons (Fsp3) is 0.667. The highest BCUT2D eigenvalue weighted by Crippen LogP contribution is 1.67. The van der Waals surface area contributed by atoms with Crippen LogP contribution in [0.25, 0.3) is 0 Å². The quantitative estimate of drug-likeness (QED) is 0.284. The summed E-state index contributed by atoms with van der Waals surface area (Å²) in [7, 11) is 0. The van der Waals surface area contributed by atoms with Crippen molar-refractivity contribution in [3.8, 4) is 0 Å². The minimum atomic E-state index is -0.745. The van der Waals surface area contributed by atoms with Crippen LogP contribution in [0.3, 0.4) is 0 Å². The zero-order valence-corrected chi connectivity index (χ0v) is 4.29. The van der Waals surface area contributed by atoms with E-state index in [-0.39, 0.29) is 6.42 Å². The van der Waals surface area contributed by atoms with Gasteiger partial charge in [0.15, 0.2) is 4.75 Å². The van der Waals surface area contributed by atoms with Crippen LogP contribution in [0.15, 0.2) is 0 Å². The first-order chi connectivity index (χ1) is 3.68. The standard InChI is InChI=1S/C3H6O2.O3/c1-2-3(4)5;1-3-2/h2H2,1H3,(H,4,5);. The molecule has 5 nitrogen and oxygen atoms in total. The average Bonchev–Trinajstić information content (AvgIpc) is 1.69. The summed E-state index contributed by atoms with van der Waals surface area (Å²) in [5.74, 6) is -0.745. The molecule has 0 saturated heterocycles. The van der Waals surface area contributed by atoms with Gasteiger partial charge in [-0.05, 0) is 0 Å². The summed E-state index contributed by atoms with van der Waals surface area (Å²) in [5, 5.41) is 15.6. The van der Waals surface area contributed by atoms with Crippen LogP contribution in [-0.4, -0.2) is 11.1 Å². The Bertz CT molecular complexity index is 68.1. The van der Waals surface area contributed by atoms with Crippen molar-refractivity contribution in [3.63, 3.8) is 0 Å². The molecule has 0 heterocycles. The number of hydrogen-bond acceptors (Lipinski definition) is 3. The Balaban J connectivity index is 0. The van der Waals surface area contributed by atoms with Crippen molar-refractivity contribution in [2.45, 2.75) is 13.3 Å². The van der Waals surface area contributed by atoms with E-state index in [1.165, 1.54) is 0 Å². The van der Waals surface area contributed by atoms with Crippen LogP contribution in [0, 0.1) is 9.71 Å². The molecule has 0 aliphatic carbocycles. The van der Waals surface area contributed by atoms with E-state index in [2.05, 4.69) is 0 Å². The number of hydrogen-bond donors (Lipinski definition) is 1. The Morgan fingerprint density at radius 1 is 1.88 bits per heavy atom. The number of rotatable bonds is 1. The van der Waals surface area contributed by atoms with E-state index in [0.29, 0.717) is 0 Å². The van der Waals surface area contributed by atoms with Crippen molar-refractivity contribution in [2.24, 2.45) is 0 Å². The number of aliphatic carboxylic acids is 1. The predicted octanol–water partition coefficient (Wildman–Crippen LogP) is -0.641. The molecule has 1 N–H and O–H groups in total. The molecule has 0 aromatic heterocycles. The summed E-state index contributed by atoms with van der Waals surface area (Å²) in [6.45, 7) is 1.60. The number of carbonyl (C=O) groups is 1. The second-order valence-corrected chi connectivity index (χ2v) is 0.815. The lowest BCUT2D eigenvalue weighted by Crippen LogP contribution is -1.86. The average molecular weight is 122 g/mol. The highest BCUT2D eigenvalue weighted by Gasteiger charge is 1.80. The third-order valence-corrected chi connectivity index (χ3v) is 0.302. The molecule has 0 atom stereocenters. The summed E-state index contributed by atoms with van der Waals surface area (Å²) in [6.07, 6.45) is 0.222. The van der Waals surface area contributed by atoms with Gasteiger partial charge in [-0.2, -0.15) is 0 Å². The molecule has 0 radical (unpaired) electrons. The molecule has 0 aromatic carbocycles. The molecule has 48 valence electrons. The van der Waals surface area contributed by atoms with E-state index in [0.717, 1.165) is 0 Å². The summed E-state index contributed by atoms with van der Waals surface area (Å²) < 4.78 is 1.75. The van der Waals surface area contributed by atoms with E-state index in [4.69, 9.17) is 15.3 Å². The van der Waals surface area contributed by atoms with Gasteiger partial charge in [0.2, 0.25) is 0 Å². The molecular formula is C3H6O5. The van der Waals surface area contributed by atoms with E-state index < -0.39 is 5.97 Å². The van der Waals surface area contributed by atoms with Gasteiger partial charge in [-0.25, -0.2) is 0 Å². The zero-order chi connectivity index (χ0) is 6.99. The van der Waals surface area contributed by atoms with Crippen molar-refractivity contribution in [2.75, 3.05) is 0 Å². The van der Waals surface area contributed by atoms with Crippen molar-refractivity contribution in [1.29, 1.82) is 0 Å². The second-order valence-electron chi connectivity index (χ2n) is 0.815. The molecule has 0 amide bonds. The first-order valence-electron chi connectivity index (χ1n) is 1.82. The molecule has 0 aliphatic rings. The van der Waals surface area contributed by atoms with Gasteiger partial charge >= 0.3 is 5.97 Å². The first kappa shape index (κ1) is 9.98. The van der Waals surface area contributed by atoms with Crippen LogP contribution in [0.1, 0.15) is 13.3 Å². The van der Waals surface area contributed by atoms with Crippen LogP contribution in [0.5, 0.6) is 0 Å². The molecule has 0 bridgehead atoms. The van der Waals surface area contributed by atoms with E-state index in [1.54, 1.807) is 11.7 Å². The minimum Gasteiger partial charge on any atom is -0.481 e. The molecule has 0 aromatic rings. The number of carboxylic acids is 1. The molecule has 8 heavy (non-hydrogen) atoms. The lowest BCUT2D eigenvalue weighted by Gasteiger charge is -1.71. The summed E-state index contributed by atoms with van der Waals surface area (Å²) in [5.41, 5.74) is 0. The van der Waals surface area contributed by atoms with Gasteiger partial charge in [0.05, 0.1) is 0 Å². The Morgan fingerprint density at radius 3 is 2.00 bits per heavy atom. The predicted molar refractivity (Wildman–Crippen MR) is 24.7 cm³/mol. The van der Waals surface area contributed by atoms with Gasteiger partial charge < -0.3 is 5.11 Å². The lowest BCUT2D eigenvalue weighted by atomic mass is 10.5. The Morgan fingerprint density at radius 2 is 2.00 bits per heavy atom. The fourth-order valence-electron chi connectivity index (χ4n) is 0. The first-order valence-corrected chi connectivity index (χ1v) is 1.82. The van der Waals surface area contributed by atoms with Crippen LogP contribution in [0.2, 0.25) is 0 Å². The Labute approximate surface area is 45.4 Å². The van der Waals surface area contributed by atoms with E-state index in [1.807, 2.05) is 0 Å². The van der Waals surface area contributed by atoms with Crippen molar-refractivity contribution >= 4 is 5.97 Å². The van der Waals surface area contributed by atoms with Gasteiger partial charge in [-0.3, -0.25) is 4.79 Å². The second kappa shape index (κ2) is 9.30. The van der Waals surface area contributed by atoms with Gasteiger partial charge in [0, 0.05) is 6.42 Å². The molecule has 0 saturated carbocycles. The van der Waals surface area contributed by atoms with Gasteiger partial charge in [0.25, 0.3) is 0 Å². The third-order valence-electron chi connectivity index (χ3n) is 0.302. The van der Waals surface area contributed by atoms with Crippen LogP contribution >= 0.6 is 0 Å². The topological polar surface area (TPSA) is 88.7 Å². The van der Waals surface area contributed by atoms with E-state index >= 15 is 0 Å². The SMILES string of the molecule is CCC(=O)O.O=[O+][O-]. The molecule has 0 rings (SSSR count). The highest BCUT2D eigenvalue weighted by atomic mass is 17.2. The summed E-state index contributed by atoms with van der Waals surface area (Å²) >= 11 is 0. The normalized spacial score (nSPS) is 6.12. The highest BCUT2D eigenvalue weighted by molar-refractivity contribution is 5.66. The molecule has 0 aliphatic heterocycles. The summed E-state index contributed by atoms with van der Waals surface area (Å²) in [4.78, 5) is 17.2. The molecule has 0 unspecified atom stereocenters. The fourth-order valence-corrected chi connectivity index (χ4v) is 0. The van der Waals surface area contributed by atoms with Gasteiger partial charge in [-0.1, -0.05) is 17.1 Å². The molecule has 0 spiro atoms. The maximum atomic E-state index is 9.37. The van der Waals surface area contributed by atoms with Crippen LogP contribution < -0.4 is 5.26 Å². The molecular weight excluding hydrogens is 116 g/mol. The largest absolute Gasteiger partial charge is 0.481 e. The van der Waals surface area contributed by atoms with Gasteiger partial charge in [-0.15, -0.1) is 0 Å². The van der Waals surface area contributed by atoms with Crippen LogP contribution in [0.4, 0.5) is 0 Å². The smallest absolute Gasteiger partial charge is 0.303 e. The summed E-state index contributed by atoms with van der Waals surface area (Å²) in [6, 6.07) is 0. The Hall–Kier alpha value is -1.13. The van der Waals surface area contributed by atoms with Crippen molar-refractivity contribution in [3.05, 3.63) is 9.71 Å². The maximum absolute atomic E-state index is 9.37. The monoisotopic (exact) mass is 122 g/mol. The maximum Gasteiger partial charge on any atom is 0.303 e. The van der Waals surface area contributed by atoms with Crippen LogP contribution in [-0.2, 0) is 4.79 Å². The Kier molecular flexibility index (Phi) is 11.6. The molecule has 0 fully saturated rings. The van der Waals surface area contributed by atoms with E-state index in [9.17, 15) is 4.79 Å². The van der Waals surface area contributed by atoms with Gasteiger partial charge in [0.1, 0.15) is 0 Å². The van der Waals surface area contributed by atoms with Crippen molar-refractivity contribution in [1.82, 2.24) is 0 Å². The zero-order valence-electron chi connectivity index (χ0n) is 4.29. The van der Waals surface area contributed by atoms with Crippen molar-refractivity contribution < 1.29 is 15.2 Å². The lowest BCUT2D eigenvalue weighted by molar-refractivity contribution is -0.284. The number of carboxylic acid groups (broad SMARTS) is 1. The third kappa shape index (κ3) is 96.4.